The summed E-state index contributed by atoms with van der Waals surface area (Å²) in [7, 11) is 0. The predicted octanol–water partition coefficient (Wildman–Crippen LogP) is -0.721. The van der Waals surface area contributed by atoms with E-state index in [2.05, 4.69) is 10.6 Å². The van der Waals surface area contributed by atoms with Crippen molar-refractivity contribution in [2.75, 3.05) is 0 Å². The van der Waals surface area contributed by atoms with Crippen molar-refractivity contribution in [1.29, 1.82) is 0 Å². The second-order valence-electron chi connectivity index (χ2n) is 8.48. The summed E-state index contributed by atoms with van der Waals surface area (Å²) in [6.45, 7) is 10.9. The minimum absolute atomic E-state index is 0.120. The molecule has 0 aliphatic carbocycles. The van der Waals surface area contributed by atoms with Gasteiger partial charge >= 0.3 is 5.97 Å². The molecule has 0 fully saturated rings. The number of carbonyl (C=O) groups excluding carboxylic acids is 2. The maximum absolute atomic E-state index is 12.8. The Kier molecular flexibility index (Phi) is 8.68. The van der Waals surface area contributed by atoms with E-state index in [1.165, 1.54) is 0 Å². The van der Waals surface area contributed by atoms with Crippen LogP contribution in [0.25, 0.3) is 0 Å². The third-order valence-electron chi connectivity index (χ3n) is 3.86. The normalized spacial score (nSPS) is 14.9. The van der Waals surface area contributed by atoms with E-state index in [0.717, 1.165) is 0 Å². The van der Waals surface area contributed by atoms with Crippen LogP contribution < -0.4 is 27.8 Å². The van der Waals surface area contributed by atoms with Gasteiger partial charge in [0.25, 0.3) is 0 Å². The van der Waals surface area contributed by atoms with Gasteiger partial charge in [-0.1, -0.05) is 13.8 Å². The van der Waals surface area contributed by atoms with E-state index in [0.29, 0.717) is 6.42 Å². The van der Waals surface area contributed by atoms with E-state index in [9.17, 15) is 14.4 Å². The molecule has 0 aromatic rings. The molecular formula is C17H35N5O4. The average Bonchev–Trinajstić information content (AvgIpc) is 2.40. The summed E-state index contributed by atoms with van der Waals surface area (Å²) in [5.41, 5.74) is 16.1. The van der Waals surface area contributed by atoms with E-state index in [-0.39, 0.29) is 5.92 Å². The molecule has 0 heterocycles. The van der Waals surface area contributed by atoms with Gasteiger partial charge in [-0.3, -0.25) is 14.4 Å². The minimum atomic E-state index is -1.32. The summed E-state index contributed by atoms with van der Waals surface area (Å²) < 4.78 is 0. The number of carboxylic acid groups (broad SMARTS) is 1. The van der Waals surface area contributed by atoms with Crippen molar-refractivity contribution in [1.82, 2.24) is 10.6 Å². The number of carbonyl (C=O) groups is 3. The molecule has 0 aliphatic rings. The van der Waals surface area contributed by atoms with Crippen LogP contribution in [-0.2, 0) is 14.4 Å². The summed E-state index contributed by atoms with van der Waals surface area (Å²) in [6.07, 6.45) is -0.0337. The summed E-state index contributed by atoms with van der Waals surface area (Å²) in [5, 5.41) is 14.2. The molecule has 0 aliphatic heterocycles. The molecule has 0 saturated heterocycles. The molecule has 2 atom stereocenters. The van der Waals surface area contributed by atoms with E-state index in [4.69, 9.17) is 22.3 Å². The highest BCUT2D eigenvalue weighted by Crippen LogP contribution is 2.17. The van der Waals surface area contributed by atoms with Crippen molar-refractivity contribution in [2.45, 2.75) is 83.6 Å². The van der Waals surface area contributed by atoms with Crippen molar-refractivity contribution in [3.05, 3.63) is 0 Å². The van der Waals surface area contributed by atoms with Crippen LogP contribution in [0.5, 0.6) is 0 Å². The van der Waals surface area contributed by atoms with Gasteiger partial charge in [0.2, 0.25) is 11.8 Å². The Balaban J connectivity index is 5.25. The largest absolute Gasteiger partial charge is 0.480 e. The fourth-order valence-corrected chi connectivity index (χ4v) is 2.82. The lowest BCUT2D eigenvalue weighted by atomic mass is 9.81. The van der Waals surface area contributed by atoms with Gasteiger partial charge in [-0.25, -0.2) is 0 Å². The molecule has 0 rings (SSSR count). The topological polar surface area (TPSA) is 174 Å². The second kappa shape index (κ2) is 9.29. The molecule has 2 amide bonds. The number of rotatable bonds is 10. The van der Waals surface area contributed by atoms with Crippen LogP contribution in [0.1, 0.15) is 54.4 Å². The molecule has 0 aromatic heterocycles. The Morgan fingerprint density at radius 3 is 1.81 bits per heavy atom. The van der Waals surface area contributed by atoms with E-state index in [1.54, 1.807) is 27.7 Å². The average molecular weight is 373 g/mol. The molecule has 0 spiro atoms. The van der Waals surface area contributed by atoms with Gasteiger partial charge in [0.1, 0.15) is 12.1 Å². The van der Waals surface area contributed by atoms with Crippen molar-refractivity contribution in [3.8, 4) is 0 Å². The zero-order valence-corrected chi connectivity index (χ0v) is 16.6. The third-order valence-corrected chi connectivity index (χ3v) is 3.86. The fraction of sp³-hybridized carbons (Fsp3) is 0.824. The monoisotopic (exact) mass is 373 g/mol. The van der Waals surface area contributed by atoms with Gasteiger partial charge in [0.15, 0.2) is 0 Å². The van der Waals surface area contributed by atoms with Gasteiger partial charge in [-0.15, -0.1) is 0 Å². The minimum Gasteiger partial charge on any atom is -0.480 e. The zero-order chi connectivity index (χ0) is 20.9. The van der Waals surface area contributed by atoms with Crippen LogP contribution in [0.15, 0.2) is 0 Å². The van der Waals surface area contributed by atoms with Gasteiger partial charge in [-0.05, 0) is 40.0 Å². The van der Waals surface area contributed by atoms with Gasteiger partial charge in [-0.2, -0.15) is 0 Å². The number of carboxylic acids is 1. The maximum atomic E-state index is 12.8. The highest BCUT2D eigenvalue weighted by Gasteiger charge is 2.38. The van der Waals surface area contributed by atoms with E-state index < -0.39 is 53.4 Å². The standard InChI is InChI=1S/C17H35N5O4/c1-9(2)7-11(21-12(23)8-10(18)14(25)26)13(24)22-15(16(3,4)19)17(5,6)20/h9-11,15H,7-8,18-20H2,1-6H3,(H,21,23)(H,22,24)(H,25,26)/t10-,11-/m0/s1. The smallest absolute Gasteiger partial charge is 0.321 e. The molecule has 9 heteroatoms. The summed E-state index contributed by atoms with van der Waals surface area (Å²) in [5.74, 6) is -2.18. The van der Waals surface area contributed by atoms with Gasteiger partial charge in [0.05, 0.1) is 12.5 Å². The lowest BCUT2D eigenvalue weighted by Crippen LogP contribution is -2.68. The molecule has 0 unspecified atom stereocenters. The van der Waals surface area contributed by atoms with Crippen LogP contribution in [0, 0.1) is 5.92 Å². The fourth-order valence-electron chi connectivity index (χ4n) is 2.82. The van der Waals surface area contributed by atoms with Crippen molar-refractivity contribution < 1.29 is 19.5 Å². The molecule has 152 valence electrons. The molecule has 9 nitrogen and oxygen atoms in total. The molecule has 0 aromatic carbocycles. The van der Waals surface area contributed by atoms with Crippen LogP contribution >= 0.6 is 0 Å². The highest BCUT2D eigenvalue weighted by atomic mass is 16.4. The zero-order valence-electron chi connectivity index (χ0n) is 16.6. The Morgan fingerprint density at radius 1 is 1.00 bits per heavy atom. The first-order chi connectivity index (χ1) is 11.6. The van der Waals surface area contributed by atoms with Crippen LogP contribution in [0.4, 0.5) is 0 Å². The van der Waals surface area contributed by atoms with Gasteiger partial charge in [0, 0.05) is 11.1 Å². The summed E-state index contributed by atoms with van der Waals surface area (Å²) in [6, 6.07) is -2.71. The first kappa shape index (κ1) is 24.3. The number of aliphatic carboxylic acids is 1. The predicted molar refractivity (Wildman–Crippen MR) is 100 cm³/mol. The first-order valence-electron chi connectivity index (χ1n) is 8.71. The first-order valence-corrected chi connectivity index (χ1v) is 8.71. The Bertz CT molecular complexity index is 494. The number of nitrogens with one attached hydrogen (secondary N) is 2. The number of hydrogen-bond acceptors (Lipinski definition) is 6. The molecule has 26 heavy (non-hydrogen) atoms. The molecular weight excluding hydrogens is 338 g/mol. The lowest BCUT2D eigenvalue weighted by Gasteiger charge is -2.41. The molecule has 0 saturated carbocycles. The Hall–Kier alpha value is -1.71. The highest BCUT2D eigenvalue weighted by molar-refractivity contribution is 5.90. The summed E-state index contributed by atoms with van der Waals surface area (Å²) >= 11 is 0. The molecule has 0 bridgehead atoms. The van der Waals surface area contributed by atoms with Crippen molar-refractivity contribution in [3.63, 3.8) is 0 Å². The van der Waals surface area contributed by atoms with Crippen LogP contribution in [-0.4, -0.2) is 52.1 Å². The van der Waals surface area contributed by atoms with Crippen molar-refractivity contribution in [2.24, 2.45) is 23.1 Å². The number of nitrogens with two attached hydrogens (primary N) is 3. The Labute approximate surface area is 155 Å². The van der Waals surface area contributed by atoms with Crippen LogP contribution in [0.2, 0.25) is 0 Å². The van der Waals surface area contributed by atoms with E-state index >= 15 is 0 Å². The Morgan fingerprint density at radius 2 is 1.46 bits per heavy atom. The quantitative estimate of drug-likeness (QED) is 0.293. The van der Waals surface area contributed by atoms with E-state index in [1.807, 2.05) is 13.8 Å². The third kappa shape index (κ3) is 8.59. The second-order valence-corrected chi connectivity index (χ2v) is 8.48. The lowest BCUT2D eigenvalue weighted by molar-refractivity contribution is -0.140. The SMILES string of the molecule is CC(C)C[C@H](NC(=O)C[C@H](N)C(=O)O)C(=O)NC(C(C)(C)N)C(C)(C)N. The number of amides is 2. The maximum Gasteiger partial charge on any atom is 0.321 e. The molecule has 0 radical (unpaired) electrons. The molecule has 9 N–H and O–H groups in total. The van der Waals surface area contributed by atoms with Gasteiger partial charge < -0.3 is 32.9 Å². The van der Waals surface area contributed by atoms with Crippen LogP contribution in [0.3, 0.4) is 0 Å². The summed E-state index contributed by atoms with van der Waals surface area (Å²) in [4.78, 5) is 35.6. The van der Waals surface area contributed by atoms with Crippen molar-refractivity contribution >= 4 is 17.8 Å². The number of hydrogen-bond donors (Lipinski definition) is 6.